The Hall–Kier alpha value is -3.54. The highest BCUT2D eigenvalue weighted by atomic mass is 19.1. The summed E-state index contributed by atoms with van der Waals surface area (Å²) in [7, 11) is 0. The average Bonchev–Trinajstić information content (AvgIpc) is 2.81. The Morgan fingerprint density at radius 2 is 1.77 bits per heavy atom. The van der Waals surface area contributed by atoms with Gasteiger partial charge in [-0.05, 0) is 47.9 Å². The van der Waals surface area contributed by atoms with Gasteiger partial charge >= 0.3 is 0 Å². The standard InChI is InChI=1S/C25H24FN3O2/c1-2-28-15-16-29(24(30)22-9-5-6-14-27-22)23(25(28)31)17-19-7-3-4-8-21(19)18-10-12-20(26)13-11-18/h3-14,23H,2,15-17H2,1H3/t23-/m0/s1. The molecule has 0 spiro atoms. The Bertz CT molecular complexity index is 1070. The van der Waals surface area contributed by atoms with E-state index in [-0.39, 0.29) is 17.6 Å². The molecule has 158 valence electrons. The predicted octanol–water partition coefficient (Wildman–Crippen LogP) is 3.80. The van der Waals surface area contributed by atoms with Gasteiger partial charge in [-0.3, -0.25) is 14.6 Å². The molecule has 0 saturated carbocycles. The van der Waals surface area contributed by atoms with Crippen LogP contribution >= 0.6 is 0 Å². The molecule has 4 rings (SSSR count). The van der Waals surface area contributed by atoms with Crippen LogP contribution in [0.5, 0.6) is 0 Å². The van der Waals surface area contributed by atoms with Crippen molar-refractivity contribution in [3.05, 3.63) is 90.0 Å². The molecule has 0 unspecified atom stereocenters. The molecule has 2 amide bonds. The summed E-state index contributed by atoms with van der Waals surface area (Å²) in [5.41, 5.74) is 3.06. The summed E-state index contributed by atoms with van der Waals surface area (Å²) in [4.78, 5) is 34.0. The second-order valence-electron chi connectivity index (χ2n) is 7.52. The zero-order chi connectivity index (χ0) is 21.8. The predicted molar refractivity (Wildman–Crippen MR) is 117 cm³/mol. The van der Waals surface area contributed by atoms with Crippen molar-refractivity contribution in [3.8, 4) is 11.1 Å². The van der Waals surface area contributed by atoms with E-state index in [9.17, 15) is 14.0 Å². The summed E-state index contributed by atoms with van der Waals surface area (Å²) in [6.45, 7) is 3.50. The Kier molecular flexibility index (Phi) is 6.07. The smallest absolute Gasteiger partial charge is 0.273 e. The van der Waals surface area contributed by atoms with Crippen molar-refractivity contribution in [3.63, 3.8) is 0 Å². The number of amides is 2. The number of hydrogen-bond acceptors (Lipinski definition) is 3. The van der Waals surface area contributed by atoms with Gasteiger partial charge in [-0.2, -0.15) is 0 Å². The van der Waals surface area contributed by atoms with E-state index in [1.54, 1.807) is 46.3 Å². The summed E-state index contributed by atoms with van der Waals surface area (Å²) in [5, 5.41) is 0. The molecule has 5 nitrogen and oxygen atoms in total. The van der Waals surface area contributed by atoms with Crippen molar-refractivity contribution in [1.82, 2.24) is 14.8 Å². The second-order valence-corrected chi connectivity index (χ2v) is 7.52. The van der Waals surface area contributed by atoms with Crippen molar-refractivity contribution >= 4 is 11.8 Å². The molecule has 1 saturated heterocycles. The fourth-order valence-electron chi connectivity index (χ4n) is 4.05. The average molecular weight is 417 g/mol. The van der Waals surface area contributed by atoms with Crippen LogP contribution in [0.15, 0.2) is 72.9 Å². The highest BCUT2D eigenvalue weighted by Crippen LogP contribution is 2.27. The number of carbonyl (C=O) groups is 2. The van der Waals surface area contributed by atoms with Crippen LogP contribution in [-0.2, 0) is 11.2 Å². The van der Waals surface area contributed by atoms with Gasteiger partial charge in [0.2, 0.25) is 5.91 Å². The molecule has 1 atom stereocenters. The summed E-state index contributed by atoms with van der Waals surface area (Å²) in [6.07, 6.45) is 1.96. The zero-order valence-corrected chi connectivity index (χ0v) is 17.4. The monoisotopic (exact) mass is 417 g/mol. The third-order valence-electron chi connectivity index (χ3n) is 5.70. The van der Waals surface area contributed by atoms with E-state index in [4.69, 9.17) is 0 Å². The molecule has 1 aliphatic heterocycles. The number of hydrogen-bond donors (Lipinski definition) is 0. The molecule has 1 fully saturated rings. The quantitative estimate of drug-likeness (QED) is 0.635. The van der Waals surface area contributed by atoms with Crippen LogP contribution in [0.2, 0.25) is 0 Å². The van der Waals surface area contributed by atoms with Gasteiger partial charge in [0.1, 0.15) is 17.6 Å². The largest absolute Gasteiger partial charge is 0.339 e. The highest BCUT2D eigenvalue weighted by Gasteiger charge is 2.37. The third-order valence-corrected chi connectivity index (χ3v) is 5.70. The van der Waals surface area contributed by atoms with Crippen LogP contribution in [0.4, 0.5) is 4.39 Å². The lowest BCUT2D eigenvalue weighted by Crippen LogP contribution is -2.59. The van der Waals surface area contributed by atoms with E-state index in [0.717, 1.165) is 16.7 Å². The number of halogens is 1. The van der Waals surface area contributed by atoms with Crippen molar-refractivity contribution in [2.45, 2.75) is 19.4 Å². The molecule has 0 bridgehead atoms. The maximum Gasteiger partial charge on any atom is 0.273 e. The minimum atomic E-state index is -0.621. The first kappa shape index (κ1) is 20.7. The fraction of sp³-hybridized carbons (Fsp3) is 0.240. The van der Waals surface area contributed by atoms with Crippen LogP contribution in [-0.4, -0.2) is 52.3 Å². The molecule has 6 heteroatoms. The third kappa shape index (κ3) is 4.33. The molecule has 0 radical (unpaired) electrons. The van der Waals surface area contributed by atoms with Crippen LogP contribution in [0.25, 0.3) is 11.1 Å². The number of likely N-dealkylation sites (N-methyl/N-ethyl adjacent to an activating group) is 1. The Balaban J connectivity index is 1.69. The number of piperazine rings is 1. The van der Waals surface area contributed by atoms with Gasteiger partial charge in [-0.1, -0.05) is 42.5 Å². The first-order valence-corrected chi connectivity index (χ1v) is 10.4. The molecule has 3 aromatic rings. The number of aromatic nitrogens is 1. The van der Waals surface area contributed by atoms with Crippen LogP contribution in [0, 0.1) is 5.82 Å². The summed E-state index contributed by atoms with van der Waals surface area (Å²) in [6, 6.07) is 18.6. The Morgan fingerprint density at radius 1 is 1.03 bits per heavy atom. The van der Waals surface area contributed by atoms with E-state index >= 15 is 0 Å². The molecule has 1 aromatic heterocycles. The maximum absolute atomic E-state index is 13.4. The molecule has 2 heterocycles. The highest BCUT2D eigenvalue weighted by molar-refractivity contribution is 5.97. The molecular formula is C25H24FN3O2. The van der Waals surface area contributed by atoms with Gasteiger partial charge in [0.05, 0.1) is 0 Å². The van der Waals surface area contributed by atoms with Crippen molar-refractivity contribution < 1.29 is 14.0 Å². The van der Waals surface area contributed by atoms with E-state index < -0.39 is 6.04 Å². The zero-order valence-electron chi connectivity index (χ0n) is 17.4. The molecule has 31 heavy (non-hydrogen) atoms. The molecule has 1 aliphatic rings. The van der Waals surface area contributed by atoms with Crippen LogP contribution in [0.1, 0.15) is 23.0 Å². The van der Waals surface area contributed by atoms with Crippen LogP contribution < -0.4 is 0 Å². The first-order chi connectivity index (χ1) is 15.1. The minimum Gasteiger partial charge on any atom is -0.339 e. The lowest BCUT2D eigenvalue weighted by molar-refractivity contribution is -0.139. The molecular weight excluding hydrogens is 393 g/mol. The van der Waals surface area contributed by atoms with Gasteiger partial charge in [0.25, 0.3) is 5.91 Å². The number of rotatable bonds is 5. The Morgan fingerprint density at radius 3 is 2.48 bits per heavy atom. The summed E-state index contributed by atoms with van der Waals surface area (Å²) in [5.74, 6) is -0.602. The van der Waals surface area contributed by atoms with Crippen LogP contribution in [0.3, 0.4) is 0 Å². The molecule has 2 aromatic carbocycles. The molecule has 0 N–H and O–H groups in total. The maximum atomic E-state index is 13.4. The van der Waals surface area contributed by atoms with Gasteiger partial charge in [-0.25, -0.2) is 4.39 Å². The van der Waals surface area contributed by atoms with E-state index in [2.05, 4.69) is 4.98 Å². The number of carbonyl (C=O) groups excluding carboxylic acids is 2. The second kappa shape index (κ2) is 9.08. The Labute approximate surface area is 181 Å². The van der Waals surface area contributed by atoms with Crippen molar-refractivity contribution in [2.24, 2.45) is 0 Å². The van der Waals surface area contributed by atoms with Crippen molar-refractivity contribution in [2.75, 3.05) is 19.6 Å². The van der Waals surface area contributed by atoms with Gasteiger partial charge in [0, 0.05) is 32.3 Å². The lowest BCUT2D eigenvalue weighted by Gasteiger charge is -2.40. The number of pyridine rings is 1. The SMILES string of the molecule is CCN1CCN(C(=O)c2ccccn2)[C@@H](Cc2ccccc2-c2ccc(F)cc2)C1=O. The van der Waals surface area contributed by atoms with Gasteiger partial charge in [0.15, 0.2) is 0 Å². The van der Waals surface area contributed by atoms with E-state index in [1.165, 1.54) is 12.1 Å². The van der Waals surface area contributed by atoms with Gasteiger partial charge < -0.3 is 9.80 Å². The van der Waals surface area contributed by atoms with E-state index in [0.29, 0.717) is 31.7 Å². The minimum absolute atomic E-state index is 0.0630. The van der Waals surface area contributed by atoms with Crippen molar-refractivity contribution in [1.29, 1.82) is 0 Å². The van der Waals surface area contributed by atoms with Gasteiger partial charge in [-0.15, -0.1) is 0 Å². The topological polar surface area (TPSA) is 53.5 Å². The summed E-state index contributed by atoms with van der Waals surface area (Å²) >= 11 is 0. The fourth-order valence-corrected chi connectivity index (χ4v) is 4.05. The molecule has 0 aliphatic carbocycles. The van der Waals surface area contributed by atoms with E-state index in [1.807, 2.05) is 31.2 Å². The normalized spacial score (nSPS) is 16.5. The lowest BCUT2D eigenvalue weighted by atomic mass is 9.93. The number of benzene rings is 2. The number of nitrogens with zero attached hydrogens (tertiary/aromatic N) is 3. The summed E-state index contributed by atoms with van der Waals surface area (Å²) < 4.78 is 13.4. The first-order valence-electron chi connectivity index (χ1n) is 10.4.